The van der Waals surface area contributed by atoms with Crippen LogP contribution in [0.5, 0.6) is 0 Å². The number of nitrogens with zero attached hydrogens (tertiary/aromatic N) is 3. The van der Waals surface area contributed by atoms with Gasteiger partial charge in [0.15, 0.2) is 0 Å². The van der Waals surface area contributed by atoms with E-state index in [0.717, 1.165) is 58.5 Å². The van der Waals surface area contributed by atoms with Crippen molar-refractivity contribution in [2.24, 2.45) is 0 Å². The van der Waals surface area contributed by atoms with Crippen molar-refractivity contribution < 1.29 is 9.59 Å². The third-order valence-electron chi connectivity index (χ3n) is 6.00. The Kier molecular flexibility index (Phi) is 7.89. The van der Waals surface area contributed by atoms with Gasteiger partial charge in [0.05, 0.1) is 12.6 Å². The monoisotopic (exact) mass is 366 g/mol. The second-order valence-corrected chi connectivity index (χ2v) is 8.51. The van der Waals surface area contributed by atoms with Crippen molar-refractivity contribution in [2.45, 2.75) is 71.4 Å². The molecule has 26 heavy (non-hydrogen) atoms. The first-order chi connectivity index (χ1) is 12.3. The lowest BCUT2D eigenvalue weighted by molar-refractivity contribution is -0.134. The number of hydrogen-bond acceptors (Lipinski definition) is 4. The minimum absolute atomic E-state index is 0.103. The summed E-state index contributed by atoms with van der Waals surface area (Å²) in [4.78, 5) is 31.5. The molecule has 0 aromatic carbocycles. The maximum atomic E-state index is 12.5. The van der Waals surface area contributed by atoms with Crippen LogP contribution in [-0.4, -0.2) is 83.9 Å². The molecule has 2 amide bonds. The molecule has 2 heterocycles. The SMILES string of the molecule is CCC(C)(C)NC(=O)[C@@H](C)N1CCN(CC(=O)N2CCCCCC2)CC1. The molecule has 0 bridgehead atoms. The molecule has 0 aromatic rings. The van der Waals surface area contributed by atoms with E-state index in [-0.39, 0.29) is 23.4 Å². The molecule has 1 N–H and O–H groups in total. The van der Waals surface area contributed by atoms with Crippen LogP contribution < -0.4 is 5.32 Å². The van der Waals surface area contributed by atoms with Crippen LogP contribution in [0.1, 0.15) is 59.8 Å². The number of rotatable bonds is 6. The summed E-state index contributed by atoms with van der Waals surface area (Å²) in [5.41, 5.74) is -0.160. The lowest BCUT2D eigenvalue weighted by Crippen LogP contribution is -2.57. The van der Waals surface area contributed by atoms with Gasteiger partial charge in [-0.25, -0.2) is 0 Å². The maximum absolute atomic E-state index is 12.5. The van der Waals surface area contributed by atoms with Crippen LogP contribution in [0.25, 0.3) is 0 Å². The van der Waals surface area contributed by atoms with Crippen LogP contribution in [0.2, 0.25) is 0 Å². The molecule has 1 atom stereocenters. The molecule has 0 unspecified atom stereocenters. The Bertz CT molecular complexity index is 464. The van der Waals surface area contributed by atoms with Gasteiger partial charge in [0, 0.05) is 44.8 Å². The summed E-state index contributed by atoms with van der Waals surface area (Å²) in [5.74, 6) is 0.377. The smallest absolute Gasteiger partial charge is 0.237 e. The first-order valence-electron chi connectivity index (χ1n) is 10.4. The zero-order valence-electron chi connectivity index (χ0n) is 17.2. The molecule has 150 valence electrons. The van der Waals surface area contributed by atoms with Crippen LogP contribution in [0.3, 0.4) is 0 Å². The quantitative estimate of drug-likeness (QED) is 0.777. The molecular weight excluding hydrogens is 328 g/mol. The first-order valence-corrected chi connectivity index (χ1v) is 10.4. The van der Waals surface area contributed by atoms with Crippen LogP contribution in [0.4, 0.5) is 0 Å². The average molecular weight is 367 g/mol. The largest absolute Gasteiger partial charge is 0.350 e. The van der Waals surface area contributed by atoms with Gasteiger partial charge in [-0.2, -0.15) is 0 Å². The fraction of sp³-hybridized carbons (Fsp3) is 0.900. The Morgan fingerprint density at radius 2 is 1.54 bits per heavy atom. The van der Waals surface area contributed by atoms with E-state index in [9.17, 15) is 9.59 Å². The highest BCUT2D eigenvalue weighted by molar-refractivity contribution is 5.82. The molecule has 2 saturated heterocycles. The van der Waals surface area contributed by atoms with Crippen molar-refractivity contribution in [1.82, 2.24) is 20.0 Å². The van der Waals surface area contributed by atoms with Crippen LogP contribution in [-0.2, 0) is 9.59 Å². The summed E-state index contributed by atoms with van der Waals surface area (Å²) in [6.07, 6.45) is 5.69. The highest BCUT2D eigenvalue weighted by atomic mass is 16.2. The maximum Gasteiger partial charge on any atom is 0.237 e. The number of amides is 2. The van der Waals surface area contributed by atoms with E-state index in [4.69, 9.17) is 0 Å². The third kappa shape index (κ3) is 6.23. The summed E-state index contributed by atoms with van der Waals surface area (Å²) < 4.78 is 0. The highest BCUT2D eigenvalue weighted by Crippen LogP contribution is 2.13. The van der Waals surface area contributed by atoms with E-state index in [2.05, 4.69) is 35.9 Å². The van der Waals surface area contributed by atoms with Gasteiger partial charge in [-0.15, -0.1) is 0 Å². The standard InChI is InChI=1S/C20H38N4O2/c1-5-20(3,4)21-19(26)17(2)23-14-12-22(13-15-23)16-18(25)24-10-8-6-7-9-11-24/h17H,5-16H2,1-4H3,(H,21,26)/t17-/m1/s1. The fourth-order valence-electron chi connectivity index (χ4n) is 3.61. The van der Waals surface area contributed by atoms with Crippen LogP contribution >= 0.6 is 0 Å². The lowest BCUT2D eigenvalue weighted by atomic mass is 10.0. The highest BCUT2D eigenvalue weighted by Gasteiger charge is 2.29. The van der Waals surface area contributed by atoms with Crippen molar-refractivity contribution in [3.05, 3.63) is 0 Å². The van der Waals surface area contributed by atoms with Gasteiger partial charge in [0.1, 0.15) is 0 Å². The summed E-state index contributed by atoms with van der Waals surface area (Å²) in [6, 6.07) is -0.121. The predicted molar refractivity (Wildman–Crippen MR) is 105 cm³/mol. The van der Waals surface area contributed by atoms with Gasteiger partial charge in [-0.05, 0) is 40.0 Å². The normalized spacial score (nSPS) is 21.9. The minimum atomic E-state index is -0.160. The van der Waals surface area contributed by atoms with E-state index >= 15 is 0 Å². The van der Waals surface area contributed by atoms with Crippen molar-refractivity contribution in [3.63, 3.8) is 0 Å². The molecule has 6 heteroatoms. The predicted octanol–water partition coefficient (Wildman–Crippen LogP) is 1.70. The Morgan fingerprint density at radius 3 is 2.08 bits per heavy atom. The van der Waals surface area contributed by atoms with E-state index in [1.165, 1.54) is 12.8 Å². The lowest BCUT2D eigenvalue weighted by Gasteiger charge is -2.38. The van der Waals surface area contributed by atoms with Crippen molar-refractivity contribution in [3.8, 4) is 0 Å². The van der Waals surface area contributed by atoms with Crippen molar-refractivity contribution in [2.75, 3.05) is 45.8 Å². The summed E-state index contributed by atoms with van der Waals surface area (Å²) >= 11 is 0. The topological polar surface area (TPSA) is 55.9 Å². The van der Waals surface area contributed by atoms with Crippen LogP contribution in [0.15, 0.2) is 0 Å². The van der Waals surface area contributed by atoms with Gasteiger partial charge in [-0.3, -0.25) is 19.4 Å². The number of carbonyl (C=O) groups excluding carboxylic acids is 2. The number of nitrogens with one attached hydrogen (secondary N) is 1. The van der Waals surface area contributed by atoms with Gasteiger partial charge in [0.2, 0.25) is 11.8 Å². The Hall–Kier alpha value is -1.14. The van der Waals surface area contributed by atoms with E-state index in [0.29, 0.717) is 6.54 Å². The van der Waals surface area contributed by atoms with Gasteiger partial charge in [-0.1, -0.05) is 19.8 Å². The fourth-order valence-corrected chi connectivity index (χ4v) is 3.61. The van der Waals surface area contributed by atoms with Crippen molar-refractivity contribution >= 4 is 11.8 Å². The minimum Gasteiger partial charge on any atom is -0.350 e. The third-order valence-corrected chi connectivity index (χ3v) is 6.00. The molecule has 0 radical (unpaired) electrons. The molecule has 0 saturated carbocycles. The summed E-state index contributed by atoms with van der Waals surface area (Å²) in [7, 11) is 0. The number of piperazine rings is 1. The zero-order chi connectivity index (χ0) is 19.2. The number of carbonyl (C=O) groups is 2. The second kappa shape index (κ2) is 9.70. The average Bonchev–Trinajstić information content (AvgIpc) is 2.91. The molecule has 2 aliphatic heterocycles. The molecule has 0 spiro atoms. The van der Waals surface area contributed by atoms with E-state index in [1.54, 1.807) is 0 Å². The Morgan fingerprint density at radius 1 is 0.962 bits per heavy atom. The van der Waals surface area contributed by atoms with Crippen molar-refractivity contribution in [1.29, 1.82) is 0 Å². The van der Waals surface area contributed by atoms with Gasteiger partial charge >= 0.3 is 0 Å². The first kappa shape index (κ1) is 21.2. The Balaban J connectivity index is 1.75. The summed E-state index contributed by atoms with van der Waals surface area (Å²) in [6.45, 7) is 14.0. The zero-order valence-corrected chi connectivity index (χ0v) is 17.2. The van der Waals surface area contributed by atoms with Gasteiger partial charge < -0.3 is 10.2 Å². The molecule has 0 aromatic heterocycles. The molecule has 6 nitrogen and oxygen atoms in total. The van der Waals surface area contributed by atoms with Crippen LogP contribution in [0, 0.1) is 0 Å². The molecule has 0 aliphatic carbocycles. The molecule has 2 rings (SSSR count). The molecular formula is C20H38N4O2. The molecule has 2 fully saturated rings. The second-order valence-electron chi connectivity index (χ2n) is 8.51. The number of likely N-dealkylation sites (tertiary alicyclic amines) is 1. The molecule has 2 aliphatic rings. The Labute approximate surface area is 159 Å². The van der Waals surface area contributed by atoms with E-state index < -0.39 is 0 Å². The summed E-state index contributed by atoms with van der Waals surface area (Å²) in [5, 5.41) is 3.14. The van der Waals surface area contributed by atoms with E-state index in [1.807, 2.05) is 11.8 Å². The van der Waals surface area contributed by atoms with Gasteiger partial charge in [0.25, 0.3) is 0 Å². The number of hydrogen-bond donors (Lipinski definition) is 1.